The molecular weight excluding hydrogens is 933 g/mol. The van der Waals surface area contributed by atoms with E-state index in [-0.39, 0.29) is 0 Å². The third kappa shape index (κ3) is 8.68. The SMILES string of the molecule is c1ccc(N(c2ccccc2)c2cccc(C3(c4cccc(N(c5ccccc5)c5ccccc5)c4)c4cc(N(c5ccccc5)c5ccccc5)ccc4-c4ccc(N(c5ccccc5)c5ccccc5)cc43)c2)cc1. The Morgan fingerprint density at radius 1 is 0.169 bits per heavy atom. The van der Waals surface area contributed by atoms with E-state index in [4.69, 9.17) is 0 Å². The molecule has 12 aromatic carbocycles. The first-order chi connectivity index (χ1) is 38.2. The molecule has 0 radical (unpaired) electrons. The van der Waals surface area contributed by atoms with E-state index in [9.17, 15) is 0 Å². The van der Waals surface area contributed by atoms with E-state index in [0.29, 0.717) is 0 Å². The van der Waals surface area contributed by atoms with Gasteiger partial charge in [0.15, 0.2) is 0 Å². The predicted octanol–water partition coefficient (Wildman–Crippen LogP) is 19.9. The summed E-state index contributed by atoms with van der Waals surface area (Å²) in [6.45, 7) is 0. The number of hydrogen-bond donors (Lipinski definition) is 0. The van der Waals surface area contributed by atoms with E-state index in [2.05, 4.69) is 347 Å². The van der Waals surface area contributed by atoms with Gasteiger partial charge in [0.05, 0.1) is 5.41 Å². The topological polar surface area (TPSA) is 13.0 Å². The molecule has 0 bridgehead atoms. The molecule has 366 valence electrons. The van der Waals surface area contributed by atoms with Gasteiger partial charge in [-0.3, -0.25) is 0 Å². The van der Waals surface area contributed by atoms with Crippen LogP contribution in [0.25, 0.3) is 11.1 Å². The van der Waals surface area contributed by atoms with E-state index in [1.807, 2.05) is 0 Å². The molecule has 0 unspecified atom stereocenters. The fourth-order valence-electron chi connectivity index (χ4n) is 11.5. The van der Waals surface area contributed by atoms with E-state index >= 15 is 0 Å². The fourth-order valence-corrected chi connectivity index (χ4v) is 11.5. The van der Waals surface area contributed by atoms with Crippen molar-refractivity contribution in [2.45, 2.75) is 5.41 Å². The van der Waals surface area contributed by atoms with E-state index < -0.39 is 5.41 Å². The van der Waals surface area contributed by atoms with Crippen LogP contribution in [0.3, 0.4) is 0 Å². The lowest BCUT2D eigenvalue weighted by Gasteiger charge is -2.37. The van der Waals surface area contributed by atoms with Crippen molar-refractivity contribution >= 4 is 68.2 Å². The predicted molar refractivity (Wildman–Crippen MR) is 322 cm³/mol. The van der Waals surface area contributed by atoms with Gasteiger partial charge in [-0.15, -0.1) is 0 Å². The average Bonchev–Trinajstić information content (AvgIpc) is 4.05. The van der Waals surface area contributed by atoms with Crippen molar-refractivity contribution in [2.24, 2.45) is 0 Å². The lowest BCUT2D eigenvalue weighted by molar-refractivity contribution is 0.768. The van der Waals surface area contributed by atoms with Crippen LogP contribution in [0.15, 0.2) is 328 Å². The van der Waals surface area contributed by atoms with Gasteiger partial charge in [0.25, 0.3) is 0 Å². The molecule has 0 amide bonds. The minimum absolute atomic E-state index is 0.890. The molecule has 1 aliphatic carbocycles. The van der Waals surface area contributed by atoms with Crippen LogP contribution in [0.2, 0.25) is 0 Å². The molecule has 0 saturated carbocycles. The smallest absolute Gasteiger partial charge is 0.0716 e. The zero-order valence-corrected chi connectivity index (χ0v) is 42.5. The fraction of sp³-hybridized carbons (Fsp3) is 0.0137. The first-order valence-corrected chi connectivity index (χ1v) is 26.3. The van der Waals surface area contributed by atoms with Crippen LogP contribution in [0.1, 0.15) is 22.3 Å². The van der Waals surface area contributed by atoms with Crippen LogP contribution in [0.5, 0.6) is 0 Å². The van der Waals surface area contributed by atoms with Crippen molar-refractivity contribution < 1.29 is 0 Å². The summed E-state index contributed by atoms with van der Waals surface area (Å²) >= 11 is 0. The summed E-state index contributed by atoms with van der Waals surface area (Å²) in [5, 5.41) is 0. The zero-order valence-electron chi connectivity index (χ0n) is 42.5. The number of rotatable bonds is 14. The van der Waals surface area contributed by atoms with Gasteiger partial charge in [0.2, 0.25) is 0 Å². The molecule has 13 rings (SSSR count). The largest absolute Gasteiger partial charge is 0.310 e. The number of hydrogen-bond acceptors (Lipinski definition) is 4. The maximum absolute atomic E-state index is 2.47. The Kier molecular flexibility index (Phi) is 12.5. The van der Waals surface area contributed by atoms with Crippen molar-refractivity contribution in [3.63, 3.8) is 0 Å². The van der Waals surface area contributed by atoms with Crippen LogP contribution in [-0.4, -0.2) is 0 Å². The summed E-state index contributed by atoms with van der Waals surface area (Å²) < 4.78 is 0. The van der Waals surface area contributed by atoms with Crippen molar-refractivity contribution in [3.05, 3.63) is 350 Å². The van der Waals surface area contributed by atoms with Crippen molar-refractivity contribution in [1.82, 2.24) is 0 Å². The monoisotopic (exact) mass is 986 g/mol. The molecule has 0 saturated heterocycles. The summed E-state index contributed by atoms with van der Waals surface area (Å²) in [4.78, 5) is 9.53. The van der Waals surface area contributed by atoms with Crippen LogP contribution in [-0.2, 0) is 5.41 Å². The van der Waals surface area contributed by atoms with Crippen LogP contribution in [0.4, 0.5) is 68.2 Å². The molecular formula is C73H54N4. The normalized spacial score (nSPS) is 12.0. The summed E-state index contributed by atoms with van der Waals surface area (Å²) in [5.41, 5.74) is 19.0. The summed E-state index contributed by atoms with van der Waals surface area (Å²) in [7, 11) is 0. The molecule has 0 fully saturated rings. The van der Waals surface area contributed by atoms with Crippen molar-refractivity contribution in [3.8, 4) is 11.1 Å². The molecule has 0 atom stereocenters. The number of nitrogens with zero attached hydrogens (tertiary/aromatic N) is 4. The molecule has 0 aromatic heterocycles. The molecule has 0 N–H and O–H groups in total. The van der Waals surface area contributed by atoms with Crippen LogP contribution >= 0.6 is 0 Å². The highest BCUT2D eigenvalue weighted by atomic mass is 15.2. The molecule has 0 aliphatic heterocycles. The second kappa shape index (κ2) is 20.6. The van der Waals surface area contributed by atoms with Crippen molar-refractivity contribution in [1.29, 1.82) is 0 Å². The van der Waals surface area contributed by atoms with Gasteiger partial charge < -0.3 is 19.6 Å². The summed E-state index contributed by atoms with van der Waals surface area (Å²) in [6.07, 6.45) is 0. The first kappa shape index (κ1) is 46.6. The lowest BCUT2D eigenvalue weighted by atomic mass is 9.67. The Morgan fingerprint density at radius 2 is 0.377 bits per heavy atom. The van der Waals surface area contributed by atoms with Gasteiger partial charge in [-0.1, -0.05) is 182 Å². The van der Waals surface area contributed by atoms with Gasteiger partial charge in [0, 0.05) is 68.2 Å². The Hall–Kier alpha value is -10.2. The molecule has 4 nitrogen and oxygen atoms in total. The summed E-state index contributed by atoms with van der Waals surface area (Å²) in [6, 6.07) is 119. The number of para-hydroxylation sites is 8. The van der Waals surface area contributed by atoms with Gasteiger partial charge in [-0.2, -0.15) is 0 Å². The van der Waals surface area contributed by atoms with Crippen LogP contribution < -0.4 is 19.6 Å². The molecule has 1 aliphatic rings. The highest BCUT2D eigenvalue weighted by molar-refractivity contribution is 5.93. The molecule has 4 heteroatoms. The average molecular weight is 987 g/mol. The standard InChI is InChI=1S/C73H54N4/c1-9-29-57(30-10-1)74(58-31-11-2-12-32-58)65-45-25-27-55(51-65)73(56-28-26-46-66(52-56)75(59-33-13-3-14-34-59)60-35-15-4-16-36-60)71-53-67(76(61-37-17-5-18-38-61)62-39-19-6-20-40-62)47-49-69(71)70-50-48-68(54-72(70)73)77(63-41-21-7-22-42-63)64-43-23-8-24-44-64/h1-54H. The van der Waals surface area contributed by atoms with E-state index in [0.717, 1.165) is 79.4 Å². The van der Waals surface area contributed by atoms with Gasteiger partial charge in [-0.25, -0.2) is 0 Å². The Morgan fingerprint density at radius 3 is 0.610 bits per heavy atom. The highest BCUT2D eigenvalue weighted by Crippen LogP contribution is 2.59. The highest BCUT2D eigenvalue weighted by Gasteiger charge is 2.47. The third-order valence-corrected chi connectivity index (χ3v) is 14.8. The lowest BCUT2D eigenvalue weighted by Crippen LogP contribution is -2.30. The maximum Gasteiger partial charge on any atom is 0.0716 e. The Balaban J connectivity index is 1.14. The Bertz CT molecular complexity index is 3500. The maximum atomic E-state index is 2.47. The number of anilines is 12. The second-order valence-electron chi connectivity index (χ2n) is 19.3. The summed E-state index contributed by atoms with van der Waals surface area (Å²) in [5.74, 6) is 0. The third-order valence-electron chi connectivity index (χ3n) is 14.8. The van der Waals surface area contributed by atoms with E-state index in [1.165, 1.54) is 22.3 Å². The quantitative estimate of drug-likeness (QED) is 0.108. The molecule has 0 spiro atoms. The molecule has 0 heterocycles. The first-order valence-electron chi connectivity index (χ1n) is 26.3. The van der Waals surface area contributed by atoms with Crippen molar-refractivity contribution in [2.75, 3.05) is 19.6 Å². The Labute approximate surface area is 451 Å². The van der Waals surface area contributed by atoms with E-state index in [1.54, 1.807) is 0 Å². The second-order valence-corrected chi connectivity index (χ2v) is 19.3. The minimum Gasteiger partial charge on any atom is -0.310 e. The van der Waals surface area contributed by atoms with Gasteiger partial charge in [-0.05, 0) is 179 Å². The number of fused-ring (bicyclic) bond motifs is 3. The molecule has 12 aromatic rings. The number of benzene rings is 12. The molecule has 77 heavy (non-hydrogen) atoms. The van der Waals surface area contributed by atoms with Gasteiger partial charge in [0.1, 0.15) is 0 Å². The van der Waals surface area contributed by atoms with Gasteiger partial charge >= 0.3 is 0 Å². The van der Waals surface area contributed by atoms with Crippen LogP contribution in [0, 0.1) is 0 Å². The zero-order chi connectivity index (χ0) is 51.4. The minimum atomic E-state index is -0.890.